The van der Waals surface area contributed by atoms with E-state index in [2.05, 4.69) is 6.07 Å². The van der Waals surface area contributed by atoms with E-state index in [4.69, 9.17) is 11.5 Å². The Kier molecular flexibility index (Phi) is 4.04. The lowest BCUT2D eigenvalue weighted by atomic mass is 9.98. The second-order valence-corrected chi connectivity index (χ2v) is 4.21. The van der Waals surface area contributed by atoms with Crippen molar-refractivity contribution in [2.45, 2.75) is 32.4 Å². The lowest BCUT2D eigenvalue weighted by molar-refractivity contribution is -0.126. The Bertz CT molecular complexity index is 370. The summed E-state index contributed by atoms with van der Waals surface area (Å²) >= 11 is 0. The fourth-order valence-electron chi connectivity index (χ4n) is 1.78. The molecule has 2 atom stereocenters. The van der Waals surface area contributed by atoms with Crippen LogP contribution in [0.25, 0.3) is 0 Å². The van der Waals surface area contributed by atoms with Gasteiger partial charge in [-0.25, -0.2) is 0 Å². The Morgan fingerprint density at radius 3 is 2.25 bits per heavy atom. The van der Waals surface area contributed by atoms with Gasteiger partial charge in [-0.15, -0.1) is 0 Å². The number of rotatable bonds is 4. The van der Waals surface area contributed by atoms with E-state index in [-0.39, 0.29) is 0 Å². The minimum Gasteiger partial charge on any atom is -0.382 e. The molecule has 5 N–H and O–H groups in total. The molecule has 1 aromatic rings. The van der Waals surface area contributed by atoms with E-state index >= 15 is 0 Å². The highest BCUT2D eigenvalue weighted by atomic mass is 16.3. The number of hydrogen-bond acceptors (Lipinski definition) is 3. The average molecular weight is 222 g/mol. The number of benzene rings is 1. The number of aliphatic hydroxyl groups is 1. The van der Waals surface area contributed by atoms with E-state index in [1.165, 1.54) is 0 Å². The van der Waals surface area contributed by atoms with Gasteiger partial charge in [-0.2, -0.15) is 0 Å². The molecule has 88 valence electrons. The summed E-state index contributed by atoms with van der Waals surface area (Å²) in [5.41, 5.74) is 14.0. The maximum absolute atomic E-state index is 10.8. The van der Waals surface area contributed by atoms with Crippen molar-refractivity contribution in [2.24, 2.45) is 11.5 Å². The molecule has 0 spiro atoms. The van der Waals surface area contributed by atoms with E-state index in [0.29, 0.717) is 6.42 Å². The first-order valence-electron chi connectivity index (χ1n) is 5.20. The molecule has 4 heteroatoms. The van der Waals surface area contributed by atoms with Crippen LogP contribution in [-0.2, 0) is 11.2 Å². The van der Waals surface area contributed by atoms with Gasteiger partial charge in [-0.05, 0) is 25.8 Å². The van der Waals surface area contributed by atoms with Crippen LogP contribution >= 0.6 is 0 Å². The van der Waals surface area contributed by atoms with Crippen molar-refractivity contribution in [3.63, 3.8) is 0 Å². The van der Waals surface area contributed by atoms with E-state index in [0.717, 1.165) is 16.7 Å². The van der Waals surface area contributed by atoms with Crippen LogP contribution in [0.3, 0.4) is 0 Å². The molecular formula is C12H18N2O2. The van der Waals surface area contributed by atoms with E-state index in [1.54, 1.807) is 0 Å². The molecule has 1 amide bonds. The average Bonchev–Trinajstić information content (AvgIpc) is 2.14. The van der Waals surface area contributed by atoms with Crippen molar-refractivity contribution >= 4 is 5.91 Å². The first kappa shape index (κ1) is 12.7. The van der Waals surface area contributed by atoms with Crippen molar-refractivity contribution in [2.75, 3.05) is 0 Å². The minimum absolute atomic E-state index is 0.437. The molecule has 0 saturated carbocycles. The van der Waals surface area contributed by atoms with Gasteiger partial charge in [0.05, 0.1) is 0 Å². The van der Waals surface area contributed by atoms with Gasteiger partial charge in [0.25, 0.3) is 0 Å². The fraction of sp³-hybridized carbons (Fsp3) is 0.417. The second kappa shape index (κ2) is 5.09. The third kappa shape index (κ3) is 3.32. The maximum Gasteiger partial charge on any atom is 0.247 e. The van der Waals surface area contributed by atoms with Crippen molar-refractivity contribution < 1.29 is 9.90 Å². The number of carbonyl (C=O) groups is 1. The monoisotopic (exact) mass is 222 g/mol. The standard InChI is InChI=1S/C12H18N2O2/c1-7-3-8(2)5-9(4-7)6-10(13)11(15)12(14)16/h3-5,10-11,15H,6,13H2,1-2H3,(H2,14,16). The third-order valence-corrected chi connectivity index (χ3v) is 2.45. The van der Waals surface area contributed by atoms with E-state index < -0.39 is 18.1 Å². The number of primary amides is 1. The predicted octanol–water partition coefficient (Wildman–Crippen LogP) is 0.0194. The van der Waals surface area contributed by atoms with Crippen LogP contribution in [0.5, 0.6) is 0 Å². The van der Waals surface area contributed by atoms with Crippen LogP contribution in [0.4, 0.5) is 0 Å². The van der Waals surface area contributed by atoms with Crippen LogP contribution in [0.2, 0.25) is 0 Å². The van der Waals surface area contributed by atoms with Gasteiger partial charge in [0.2, 0.25) is 5.91 Å². The summed E-state index contributed by atoms with van der Waals surface area (Å²) in [4.78, 5) is 10.8. The summed E-state index contributed by atoms with van der Waals surface area (Å²) in [5, 5.41) is 9.40. The lowest BCUT2D eigenvalue weighted by Crippen LogP contribution is -2.45. The van der Waals surface area contributed by atoms with Gasteiger partial charge in [0.15, 0.2) is 0 Å². The summed E-state index contributed by atoms with van der Waals surface area (Å²) in [6, 6.07) is 5.37. The molecule has 1 aromatic carbocycles. The molecule has 0 aliphatic rings. The zero-order valence-corrected chi connectivity index (χ0v) is 9.60. The predicted molar refractivity (Wildman–Crippen MR) is 62.8 cm³/mol. The van der Waals surface area contributed by atoms with Crippen LogP contribution in [0.1, 0.15) is 16.7 Å². The van der Waals surface area contributed by atoms with Crippen molar-refractivity contribution in [3.8, 4) is 0 Å². The molecule has 0 heterocycles. The number of nitrogens with two attached hydrogens (primary N) is 2. The molecule has 16 heavy (non-hydrogen) atoms. The SMILES string of the molecule is Cc1cc(C)cc(CC(N)C(O)C(N)=O)c1. The first-order chi connectivity index (χ1) is 7.40. The van der Waals surface area contributed by atoms with Crippen LogP contribution in [0, 0.1) is 13.8 Å². The first-order valence-corrected chi connectivity index (χ1v) is 5.20. The van der Waals surface area contributed by atoms with Gasteiger partial charge < -0.3 is 16.6 Å². The normalized spacial score (nSPS) is 14.5. The number of aliphatic hydroxyl groups excluding tert-OH is 1. The molecule has 0 saturated heterocycles. The van der Waals surface area contributed by atoms with Gasteiger partial charge in [-0.1, -0.05) is 29.3 Å². The molecule has 0 aliphatic carbocycles. The van der Waals surface area contributed by atoms with E-state index in [1.807, 2.05) is 26.0 Å². The molecule has 2 unspecified atom stereocenters. The molecule has 1 rings (SSSR count). The van der Waals surface area contributed by atoms with Crippen LogP contribution < -0.4 is 11.5 Å². The Labute approximate surface area is 95.3 Å². The Morgan fingerprint density at radius 1 is 1.31 bits per heavy atom. The van der Waals surface area contributed by atoms with E-state index in [9.17, 15) is 9.90 Å². The number of carbonyl (C=O) groups excluding carboxylic acids is 1. The molecule has 0 aliphatic heterocycles. The van der Waals surface area contributed by atoms with Gasteiger partial charge in [-0.3, -0.25) is 4.79 Å². The highest BCUT2D eigenvalue weighted by Crippen LogP contribution is 2.11. The quantitative estimate of drug-likeness (QED) is 0.671. The summed E-state index contributed by atoms with van der Waals surface area (Å²) in [7, 11) is 0. The van der Waals surface area contributed by atoms with Crippen LogP contribution in [0.15, 0.2) is 18.2 Å². The smallest absolute Gasteiger partial charge is 0.247 e. The zero-order chi connectivity index (χ0) is 12.3. The third-order valence-electron chi connectivity index (χ3n) is 2.45. The molecule has 0 radical (unpaired) electrons. The highest BCUT2D eigenvalue weighted by molar-refractivity contribution is 5.79. The van der Waals surface area contributed by atoms with Crippen molar-refractivity contribution in [1.82, 2.24) is 0 Å². The maximum atomic E-state index is 10.8. The zero-order valence-electron chi connectivity index (χ0n) is 9.60. The summed E-state index contributed by atoms with van der Waals surface area (Å²) in [5.74, 6) is -0.781. The molecule has 0 fully saturated rings. The number of aryl methyl sites for hydroxylation is 2. The summed E-state index contributed by atoms with van der Waals surface area (Å²) in [6.45, 7) is 3.99. The topological polar surface area (TPSA) is 89.3 Å². The van der Waals surface area contributed by atoms with Gasteiger partial charge >= 0.3 is 0 Å². The van der Waals surface area contributed by atoms with Crippen LogP contribution in [-0.4, -0.2) is 23.2 Å². The Balaban J connectivity index is 2.76. The Morgan fingerprint density at radius 2 is 1.81 bits per heavy atom. The molecular weight excluding hydrogens is 204 g/mol. The van der Waals surface area contributed by atoms with Gasteiger partial charge in [0.1, 0.15) is 6.10 Å². The molecule has 4 nitrogen and oxygen atoms in total. The second-order valence-electron chi connectivity index (χ2n) is 4.21. The molecule has 0 bridgehead atoms. The highest BCUT2D eigenvalue weighted by Gasteiger charge is 2.20. The minimum atomic E-state index is -1.29. The number of hydrogen-bond donors (Lipinski definition) is 3. The van der Waals surface area contributed by atoms with Crippen molar-refractivity contribution in [1.29, 1.82) is 0 Å². The summed E-state index contributed by atoms with van der Waals surface area (Å²) in [6.07, 6.45) is -0.854. The fourth-order valence-corrected chi connectivity index (χ4v) is 1.78. The Hall–Kier alpha value is -1.39. The van der Waals surface area contributed by atoms with Gasteiger partial charge in [0, 0.05) is 6.04 Å². The van der Waals surface area contributed by atoms with Crippen molar-refractivity contribution in [3.05, 3.63) is 34.9 Å². The lowest BCUT2D eigenvalue weighted by Gasteiger charge is -2.16. The summed E-state index contributed by atoms with van der Waals surface area (Å²) < 4.78 is 0. The number of amides is 1. The largest absolute Gasteiger partial charge is 0.382 e. The molecule has 0 aromatic heterocycles.